The molecular formula is C29H29Cl2N3O5. The number of para-hydroxylation sites is 2. The van der Waals surface area contributed by atoms with Crippen LogP contribution in [-0.4, -0.2) is 48.2 Å². The highest BCUT2D eigenvalue weighted by atomic mass is 35.5. The van der Waals surface area contributed by atoms with Gasteiger partial charge in [0.1, 0.15) is 22.8 Å². The molecule has 0 atom stereocenters. The summed E-state index contributed by atoms with van der Waals surface area (Å²) in [5.41, 5.74) is 0.933. The van der Waals surface area contributed by atoms with Crippen molar-refractivity contribution < 1.29 is 23.8 Å². The van der Waals surface area contributed by atoms with Gasteiger partial charge in [-0.2, -0.15) is 0 Å². The molecule has 2 heterocycles. The third-order valence-corrected chi connectivity index (χ3v) is 7.22. The summed E-state index contributed by atoms with van der Waals surface area (Å²) in [6.45, 7) is 6.41. The van der Waals surface area contributed by atoms with Crippen molar-refractivity contribution in [1.82, 2.24) is 4.98 Å². The second kappa shape index (κ2) is 10.9. The highest BCUT2D eigenvalue weighted by molar-refractivity contribution is 6.35. The van der Waals surface area contributed by atoms with E-state index >= 15 is 0 Å². The Balaban J connectivity index is 1.40. The van der Waals surface area contributed by atoms with E-state index in [0.717, 1.165) is 17.9 Å². The van der Waals surface area contributed by atoms with Crippen LogP contribution in [0.4, 0.5) is 11.4 Å². The fourth-order valence-electron chi connectivity index (χ4n) is 4.54. The van der Waals surface area contributed by atoms with Gasteiger partial charge in [-0.15, -0.1) is 0 Å². The van der Waals surface area contributed by atoms with Gasteiger partial charge in [-0.05, 0) is 51.8 Å². The number of carbonyl (C=O) groups is 2. The number of nitrogens with zero attached hydrogens (tertiary/aromatic N) is 3. The number of hydrogen-bond donors (Lipinski definition) is 0. The van der Waals surface area contributed by atoms with E-state index in [9.17, 15) is 9.59 Å². The van der Waals surface area contributed by atoms with Crippen LogP contribution in [0.25, 0.3) is 0 Å². The van der Waals surface area contributed by atoms with Gasteiger partial charge in [-0.1, -0.05) is 35.3 Å². The van der Waals surface area contributed by atoms with Crippen LogP contribution in [0.1, 0.15) is 44.0 Å². The molecule has 2 aliphatic rings. The zero-order valence-corrected chi connectivity index (χ0v) is 23.5. The van der Waals surface area contributed by atoms with Crippen LogP contribution >= 0.6 is 23.2 Å². The van der Waals surface area contributed by atoms with E-state index in [1.165, 1.54) is 31.2 Å². The van der Waals surface area contributed by atoms with Crippen molar-refractivity contribution in [2.24, 2.45) is 0 Å². The van der Waals surface area contributed by atoms with E-state index < -0.39 is 11.6 Å². The highest BCUT2D eigenvalue weighted by Crippen LogP contribution is 2.42. The molecular weight excluding hydrogens is 541 g/mol. The summed E-state index contributed by atoms with van der Waals surface area (Å²) in [4.78, 5) is 34.4. The predicted molar refractivity (Wildman–Crippen MR) is 151 cm³/mol. The van der Waals surface area contributed by atoms with Crippen molar-refractivity contribution in [2.75, 3.05) is 29.5 Å². The van der Waals surface area contributed by atoms with Gasteiger partial charge in [0.15, 0.2) is 5.60 Å². The lowest BCUT2D eigenvalue weighted by molar-refractivity contribution is -0.158. The van der Waals surface area contributed by atoms with Gasteiger partial charge < -0.3 is 24.0 Å². The molecule has 1 aliphatic heterocycles. The molecule has 39 heavy (non-hydrogen) atoms. The van der Waals surface area contributed by atoms with Gasteiger partial charge in [0, 0.05) is 43.7 Å². The molecule has 0 spiro atoms. The van der Waals surface area contributed by atoms with Gasteiger partial charge in [0.2, 0.25) is 0 Å². The van der Waals surface area contributed by atoms with Crippen LogP contribution in [0, 0.1) is 0 Å². The van der Waals surface area contributed by atoms with Crippen molar-refractivity contribution >= 4 is 46.5 Å². The molecule has 0 N–H and O–H groups in total. The Bertz CT molecular complexity index is 1410. The maximum atomic E-state index is 13.8. The third-order valence-electron chi connectivity index (χ3n) is 6.63. The van der Waals surface area contributed by atoms with Gasteiger partial charge >= 0.3 is 5.97 Å². The van der Waals surface area contributed by atoms with Gasteiger partial charge in [-0.25, -0.2) is 4.79 Å². The Labute approximate surface area is 237 Å². The number of hydrogen-bond acceptors (Lipinski definition) is 7. The first-order valence-corrected chi connectivity index (χ1v) is 13.6. The Morgan fingerprint density at radius 3 is 2.41 bits per heavy atom. The quantitative estimate of drug-likeness (QED) is 0.285. The van der Waals surface area contributed by atoms with Crippen molar-refractivity contribution in [3.8, 4) is 17.2 Å². The summed E-state index contributed by atoms with van der Waals surface area (Å²) >= 11 is 13.0. The highest BCUT2D eigenvalue weighted by Gasteiger charge is 2.36. The fraction of sp³-hybridized carbons (Fsp3) is 0.345. The number of fused-ring (bicyclic) bond motifs is 1. The molecule has 0 radical (unpaired) electrons. The second-order valence-corrected chi connectivity index (χ2v) is 10.7. The number of rotatable bonds is 8. The topological polar surface area (TPSA) is 81.2 Å². The monoisotopic (exact) mass is 569 g/mol. The number of esters is 1. The minimum atomic E-state index is -1.28. The SMILES string of the molecule is CCOC(=O)C(C)(C)Oc1cc(Cl)c(Oc2ccncc2C(=O)N2CCN(C3CC3)c3ccccc32)cc1Cl. The summed E-state index contributed by atoms with van der Waals surface area (Å²) in [5.74, 6) is -0.0441. The molecule has 1 amide bonds. The fourth-order valence-corrected chi connectivity index (χ4v) is 4.93. The third kappa shape index (κ3) is 5.63. The van der Waals surface area contributed by atoms with Crippen LogP contribution in [0.2, 0.25) is 10.0 Å². The van der Waals surface area contributed by atoms with E-state index in [0.29, 0.717) is 18.2 Å². The minimum Gasteiger partial charge on any atom is -0.475 e. The number of anilines is 2. The first-order chi connectivity index (χ1) is 18.7. The van der Waals surface area contributed by atoms with E-state index in [1.807, 2.05) is 18.2 Å². The Hall–Kier alpha value is -3.49. The van der Waals surface area contributed by atoms with Gasteiger partial charge in [-0.3, -0.25) is 9.78 Å². The normalized spacial score (nSPS) is 15.0. The average molecular weight is 570 g/mol. The lowest BCUT2D eigenvalue weighted by atomic mass is 10.1. The molecule has 5 rings (SSSR count). The standard InChI is InChI=1S/C29H29Cl2N3O5/c1-4-37-28(36)29(2,3)39-26-16-20(30)25(15-21(26)31)38-24-11-12-32-17-19(24)27(35)34-14-13-33(18-9-10-18)22-7-5-6-8-23(22)34/h5-8,11-12,15-18H,4,9-10,13-14H2,1-3H3. The Morgan fingerprint density at radius 2 is 1.69 bits per heavy atom. The van der Waals surface area contributed by atoms with E-state index in [2.05, 4.69) is 16.0 Å². The van der Waals surface area contributed by atoms with Crippen LogP contribution in [0.3, 0.4) is 0 Å². The molecule has 1 fully saturated rings. The van der Waals surface area contributed by atoms with Crippen molar-refractivity contribution in [3.63, 3.8) is 0 Å². The van der Waals surface area contributed by atoms with Crippen molar-refractivity contribution in [1.29, 1.82) is 0 Å². The first kappa shape index (κ1) is 27.1. The lowest BCUT2D eigenvalue weighted by Crippen LogP contribution is -2.45. The molecule has 0 unspecified atom stereocenters. The van der Waals surface area contributed by atoms with Crippen LogP contribution in [0.5, 0.6) is 17.2 Å². The zero-order valence-electron chi connectivity index (χ0n) is 21.9. The Kier molecular flexibility index (Phi) is 7.60. The van der Waals surface area contributed by atoms with E-state index in [4.69, 9.17) is 37.4 Å². The predicted octanol–water partition coefficient (Wildman–Crippen LogP) is 6.53. The van der Waals surface area contributed by atoms with E-state index in [1.54, 1.807) is 37.9 Å². The summed E-state index contributed by atoms with van der Waals surface area (Å²) in [7, 11) is 0. The van der Waals surface area contributed by atoms with Crippen LogP contribution < -0.4 is 19.3 Å². The van der Waals surface area contributed by atoms with Crippen LogP contribution in [-0.2, 0) is 9.53 Å². The molecule has 0 bridgehead atoms. The molecule has 2 aromatic carbocycles. The molecule has 8 nitrogen and oxygen atoms in total. The molecule has 204 valence electrons. The molecule has 0 saturated heterocycles. The summed E-state index contributed by atoms with van der Waals surface area (Å²) in [6, 6.07) is 13.1. The molecule has 3 aromatic rings. The molecule has 10 heteroatoms. The number of ether oxygens (including phenoxy) is 3. The number of halogens is 2. The molecule has 1 saturated carbocycles. The largest absolute Gasteiger partial charge is 0.475 e. The second-order valence-electron chi connectivity index (χ2n) is 9.89. The average Bonchev–Trinajstić information content (AvgIpc) is 3.76. The smallest absolute Gasteiger partial charge is 0.349 e. The summed E-state index contributed by atoms with van der Waals surface area (Å²) < 4.78 is 17.0. The van der Waals surface area contributed by atoms with Crippen molar-refractivity contribution in [3.05, 3.63) is 70.5 Å². The minimum absolute atomic E-state index is 0.179. The number of pyridine rings is 1. The zero-order chi connectivity index (χ0) is 27.7. The Morgan fingerprint density at radius 1 is 1.00 bits per heavy atom. The summed E-state index contributed by atoms with van der Waals surface area (Å²) in [5, 5.41) is 0.367. The summed E-state index contributed by atoms with van der Waals surface area (Å²) in [6.07, 6.45) is 5.38. The van der Waals surface area contributed by atoms with Crippen molar-refractivity contribution in [2.45, 2.75) is 45.3 Å². The van der Waals surface area contributed by atoms with Gasteiger partial charge in [0.25, 0.3) is 5.91 Å². The first-order valence-electron chi connectivity index (χ1n) is 12.8. The number of amides is 1. The lowest BCUT2D eigenvalue weighted by Gasteiger charge is -2.38. The number of benzene rings is 2. The maximum absolute atomic E-state index is 13.8. The maximum Gasteiger partial charge on any atom is 0.349 e. The van der Waals surface area contributed by atoms with Gasteiger partial charge in [0.05, 0.1) is 28.0 Å². The molecule has 1 aromatic heterocycles. The number of carbonyl (C=O) groups excluding carboxylic acids is 2. The van der Waals surface area contributed by atoms with Crippen LogP contribution in [0.15, 0.2) is 54.9 Å². The number of aromatic nitrogens is 1. The molecule has 1 aliphatic carbocycles. The van der Waals surface area contributed by atoms with E-state index in [-0.39, 0.29) is 39.8 Å².